The van der Waals surface area contributed by atoms with Crippen LogP contribution in [0.4, 0.5) is 0 Å². The minimum absolute atomic E-state index is 0.0151. The van der Waals surface area contributed by atoms with Crippen LogP contribution in [0.25, 0.3) is 0 Å². The highest BCUT2D eigenvalue weighted by atomic mass is 16.5. The number of carbonyl (C=O) groups is 2. The average molecular weight is 417 g/mol. The largest absolute Gasteiger partial charge is 0.375 e. The van der Waals surface area contributed by atoms with Crippen LogP contribution in [0.2, 0.25) is 0 Å². The van der Waals surface area contributed by atoms with E-state index in [9.17, 15) is 9.59 Å². The van der Waals surface area contributed by atoms with Crippen LogP contribution in [0.5, 0.6) is 0 Å². The predicted octanol–water partition coefficient (Wildman–Crippen LogP) is 1.02. The van der Waals surface area contributed by atoms with Crippen molar-refractivity contribution >= 4 is 11.8 Å². The number of amides is 2. The fourth-order valence-electron chi connectivity index (χ4n) is 5.03. The second-order valence-electron chi connectivity index (χ2n) is 9.34. The van der Waals surface area contributed by atoms with Gasteiger partial charge in [-0.15, -0.1) is 0 Å². The van der Waals surface area contributed by atoms with Crippen molar-refractivity contribution in [1.29, 1.82) is 0 Å². The first kappa shape index (κ1) is 21.7. The number of hydrogen-bond donors (Lipinski definition) is 1. The summed E-state index contributed by atoms with van der Waals surface area (Å²) in [6, 6.07) is 0.111. The van der Waals surface area contributed by atoms with Crippen molar-refractivity contribution < 1.29 is 14.3 Å². The van der Waals surface area contributed by atoms with Crippen LogP contribution in [0, 0.1) is 5.92 Å². The Labute approximate surface area is 180 Å². The van der Waals surface area contributed by atoms with E-state index in [2.05, 4.69) is 46.3 Å². The van der Waals surface area contributed by atoms with Gasteiger partial charge in [-0.25, -0.2) is 0 Å². The Morgan fingerprint density at radius 3 is 2.50 bits per heavy atom. The summed E-state index contributed by atoms with van der Waals surface area (Å²) in [6.07, 6.45) is 11.7. The van der Waals surface area contributed by atoms with Gasteiger partial charge < -0.3 is 15.0 Å². The highest BCUT2D eigenvalue weighted by molar-refractivity contribution is 6.06. The lowest BCUT2D eigenvalue weighted by atomic mass is 9.87. The van der Waals surface area contributed by atoms with E-state index >= 15 is 0 Å². The molecule has 7 nitrogen and oxygen atoms in total. The van der Waals surface area contributed by atoms with Gasteiger partial charge >= 0.3 is 0 Å². The van der Waals surface area contributed by atoms with Crippen molar-refractivity contribution in [2.45, 2.75) is 56.8 Å². The van der Waals surface area contributed by atoms with E-state index in [0.717, 1.165) is 52.0 Å². The first-order chi connectivity index (χ1) is 14.4. The lowest BCUT2D eigenvalue weighted by molar-refractivity contribution is -0.139. The summed E-state index contributed by atoms with van der Waals surface area (Å²) >= 11 is 0. The molecule has 0 spiro atoms. The normalized spacial score (nSPS) is 35.6. The molecule has 2 amide bonds. The van der Waals surface area contributed by atoms with Gasteiger partial charge in [0.05, 0.1) is 23.6 Å². The molecule has 4 unspecified atom stereocenters. The van der Waals surface area contributed by atoms with E-state index < -0.39 is 0 Å². The molecule has 2 aliphatic carbocycles. The molecule has 166 valence electrons. The van der Waals surface area contributed by atoms with Gasteiger partial charge in [-0.05, 0) is 32.7 Å². The molecule has 4 aliphatic rings. The van der Waals surface area contributed by atoms with Crippen molar-refractivity contribution in [2.24, 2.45) is 5.92 Å². The van der Waals surface area contributed by atoms with Gasteiger partial charge in [0.15, 0.2) is 0 Å². The lowest BCUT2D eigenvalue weighted by Crippen LogP contribution is -2.60. The van der Waals surface area contributed by atoms with Gasteiger partial charge in [-0.3, -0.25) is 19.4 Å². The second-order valence-corrected chi connectivity index (χ2v) is 9.34. The summed E-state index contributed by atoms with van der Waals surface area (Å²) in [4.78, 5) is 31.7. The third kappa shape index (κ3) is 4.26. The number of allylic oxidation sites excluding steroid dienone is 2. The van der Waals surface area contributed by atoms with Crippen molar-refractivity contribution in [3.63, 3.8) is 0 Å². The number of rotatable bonds is 8. The fraction of sp³-hybridized carbons (Fsp3) is 0.739. The molecule has 0 aromatic carbocycles. The Balaban J connectivity index is 1.22. The summed E-state index contributed by atoms with van der Waals surface area (Å²) in [5.74, 6) is -0.285. The van der Waals surface area contributed by atoms with Crippen molar-refractivity contribution in [2.75, 3.05) is 46.4 Å². The zero-order valence-corrected chi connectivity index (χ0v) is 18.5. The SMILES string of the molecule is COC1C=CC=CC1(C)N1CCN(CCCN2C(=O)C(C)C(NC3CC3)C2=O)CC1. The molecular weight excluding hydrogens is 380 g/mol. The number of methoxy groups -OCH3 is 1. The van der Waals surface area contributed by atoms with Gasteiger partial charge in [-0.1, -0.05) is 31.2 Å². The fourth-order valence-corrected chi connectivity index (χ4v) is 5.03. The summed E-state index contributed by atoms with van der Waals surface area (Å²) in [7, 11) is 1.77. The zero-order chi connectivity index (χ0) is 21.3. The van der Waals surface area contributed by atoms with Gasteiger partial charge in [0.1, 0.15) is 0 Å². The number of likely N-dealkylation sites (tertiary alicyclic amines) is 1. The van der Waals surface area contributed by atoms with Crippen LogP contribution in [0.3, 0.4) is 0 Å². The molecule has 3 fully saturated rings. The number of hydrogen-bond acceptors (Lipinski definition) is 6. The molecule has 30 heavy (non-hydrogen) atoms. The lowest BCUT2D eigenvalue weighted by Gasteiger charge is -2.47. The van der Waals surface area contributed by atoms with E-state index in [1.165, 1.54) is 4.90 Å². The maximum absolute atomic E-state index is 12.7. The molecule has 2 saturated heterocycles. The van der Waals surface area contributed by atoms with Gasteiger partial charge in [0.2, 0.25) is 11.8 Å². The van der Waals surface area contributed by atoms with Gasteiger partial charge in [0, 0.05) is 45.9 Å². The van der Waals surface area contributed by atoms with E-state index in [4.69, 9.17) is 4.74 Å². The number of piperazine rings is 1. The van der Waals surface area contributed by atoms with E-state index in [0.29, 0.717) is 12.6 Å². The summed E-state index contributed by atoms with van der Waals surface area (Å²) < 4.78 is 5.71. The van der Waals surface area contributed by atoms with E-state index in [-0.39, 0.29) is 35.4 Å². The quantitative estimate of drug-likeness (QED) is 0.596. The molecule has 0 aromatic heterocycles. The second kappa shape index (κ2) is 8.91. The maximum atomic E-state index is 12.7. The van der Waals surface area contributed by atoms with Crippen LogP contribution in [0.15, 0.2) is 24.3 Å². The maximum Gasteiger partial charge on any atom is 0.247 e. The van der Waals surface area contributed by atoms with E-state index in [1.54, 1.807) is 7.11 Å². The molecule has 0 aromatic rings. The third-order valence-corrected chi connectivity index (χ3v) is 7.25. The Kier molecular flexibility index (Phi) is 6.44. The first-order valence-electron chi connectivity index (χ1n) is 11.4. The number of imide groups is 1. The minimum Gasteiger partial charge on any atom is -0.375 e. The van der Waals surface area contributed by atoms with Crippen molar-refractivity contribution in [3.8, 4) is 0 Å². The summed E-state index contributed by atoms with van der Waals surface area (Å²) in [6.45, 7) is 9.53. The number of nitrogens with one attached hydrogen (secondary N) is 1. The Bertz CT molecular complexity index is 711. The van der Waals surface area contributed by atoms with Crippen LogP contribution in [-0.2, 0) is 14.3 Å². The zero-order valence-electron chi connectivity index (χ0n) is 18.5. The van der Waals surface area contributed by atoms with Crippen LogP contribution >= 0.6 is 0 Å². The number of carbonyl (C=O) groups excluding carboxylic acids is 2. The Morgan fingerprint density at radius 1 is 1.10 bits per heavy atom. The monoisotopic (exact) mass is 416 g/mol. The minimum atomic E-state index is -0.319. The van der Waals surface area contributed by atoms with Crippen molar-refractivity contribution in [3.05, 3.63) is 24.3 Å². The molecule has 0 bridgehead atoms. The van der Waals surface area contributed by atoms with Crippen LogP contribution < -0.4 is 5.32 Å². The third-order valence-electron chi connectivity index (χ3n) is 7.25. The van der Waals surface area contributed by atoms with Crippen molar-refractivity contribution in [1.82, 2.24) is 20.0 Å². The molecule has 4 rings (SSSR count). The summed E-state index contributed by atoms with van der Waals surface area (Å²) in [5, 5.41) is 3.35. The van der Waals surface area contributed by atoms with E-state index in [1.807, 2.05) is 6.92 Å². The molecule has 2 aliphatic heterocycles. The molecular formula is C23H36N4O3. The molecule has 1 N–H and O–H groups in total. The molecule has 7 heteroatoms. The molecule has 0 radical (unpaired) electrons. The Hall–Kier alpha value is -1.54. The highest BCUT2D eigenvalue weighted by Crippen LogP contribution is 2.29. The first-order valence-corrected chi connectivity index (χ1v) is 11.4. The molecule has 2 heterocycles. The molecule has 4 atom stereocenters. The van der Waals surface area contributed by atoms with Gasteiger partial charge in [0.25, 0.3) is 0 Å². The van der Waals surface area contributed by atoms with Gasteiger partial charge in [-0.2, -0.15) is 0 Å². The molecule has 1 saturated carbocycles. The summed E-state index contributed by atoms with van der Waals surface area (Å²) in [5.41, 5.74) is -0.107. The highest BCUT2D eigenvalue weighted by Gasteiger charge is 2.46. The van der Waals surface area contributed by atoms with Crippen LogP contribution in [-0.4, -0.2) is 96.6 Å². The average Bonchev–Trinajstić information content (AvgIpc) is 3.55. The standard InChI is InChI=1S/C23H36N4O3/c1-17-20(24-18-8-9-18)22(29)27(21(17)28)12-6-11-25-13-15-26(16-14-25)23(2)10-5-4-7-19(23)30-3/h4-5,7,10,17-20,24H,6,8-9,11-16H2,1-3H3. The predicted molar refractivity (Wildman–Crippen MR) is 116 cm³/mol. The number of ether oxygens (including phenoxy) is 1. The Morgan fingerprint density at radius 2 is 1.83 bits per heavy atom. The van der Waals surface area contributed by atoms with Crippen LogP contribution in [0.1, 0.15) is 33.1 Å². The number of nitrogens with zero attached hydrogens (tertiary/aromatic N) is 3. The topological polar surface area (TPSA) is 65.1 Å². The smallest absolute Gasteiger partial charge is 0.247 e.